The number of hydrogen-bond donors (Lipinski definition) is 0. The Bertz CT molecular complexity index is 303. The van der Waals surface area contributed by atoms with Crippen molar-refractivity contribution in [2.24, 2.45) is 0 Å². The lowest BCUT2D eigenvalue weighted by molar-refractivity contribution is 1.62. The van der Waals surface area contributed by atoms with E-state index in [0.29, 0.717) is 0 Å². The summed E-state index contributed by atoms with van der Waals surface area (Å²) < 4.78 is 0. The van der Waals surface area contributed by atoms with Gasteiger partial charge in [0.05, 0.1) is 0 Å². The molecule has 0 amide bonds. The topological polar surface area (TPSA) is 0 Å². The van der Waals surface area contributed by atoms with Crippen molar-refractivity contribution in [3.63, 3.8) is 0 Å². The predicted molar refractivity (Wildman–Crippen MR) is 53.0 cm³/mol. The van der Waals surface area contributed by atoms with E-state index in [0.717, 1.165) is 0 Å². The van der Waals surface area contributed by atoms with Gasteiger partial charge in [0.15, 0.2) is 0 Å². The van der Waals surface area contributed by atoms with Crippen molar-refractivity contribution in [1.82, 2.24) is 0 Å². The van der Waals surface area contributed by atoms with Gasteiger partial charge in [-0.25, -0.2) is 0 Å². The van der Waals surface area contributed by atoms with Gasteiger partial charge >= 0.3 is 0 Å². The molecule has 0 aliphatic carbocycles. The Hall–Kier alpha value is -1.56. The molecule has 0 nitrogen and oxygen atoms in total. The van der Waals surface area contributed by atoms with Crippen LogP contribution >= 0.6 is 0 Å². The van der Waals surface area contributed by atoms with Crippen molar-refractivity contribution in [3.8, 4) is 11.1 Å². The largest absolute Gasteiger partial charge is 0.0622 e. The van der Waals surface area contributed by atoms with Gasteiger partial charge in [0.2, 0.25) is 0 Å². The second kappa shape index (κ2) is 3.22. The van der Waals surface area contributed by atoms with Gasteiger partial charge in [-0.2, -0.15) is 0 Å². The molecule has 0 fully saturated rings. The highest BCUT2D eigenvalue weighted by atomic mass is 14.0. The standard InChI is InChI=1S/C12H10.H/c1-3-7-11(8-4-1)12-9-5-2-6-10-12;/h1-10H;/i;1+1. The van der Waals surface area contributed by atoms with E-state index in [4.69, 9.17) is 0 Å². The molecule has 0 aliphatic heterocycles. The van der Waals surface area contributed by atoms with Crippen LogP contribution in [0.3, 0.4) is 0 Å². The van der Waals surface area contributed by atoms with E-state index in [-0.39, 0.29) is 1.43 Å². The first-order valence-corrected chi connectivity index (χ1v) is 4.07. The van der Waals surface area contributed by atoms with Crippen LogP contribution in [0.15, 0.2) is 60.7 Å². The van der Waals surface area contributed by atoms with Crippen LogP contribution < -0.4 is 0 Å². The maximum atomic E-state index is 2.12. The number of hydrogen-bond acceptors (Lipinski definition) is 0. The smallest absolute Gasteiger partial charge is 0 e. The van der Waals surface area contributed by atoms with Gasteiger partial charge in [-0.1, -0.05) is 60.7 Å². The zero-order chi connectivity index (χ0) is 8.23. The van der Waals surface area contributed by atoms with Crippen molar-refractivity contribution >= 4 is 0 Å². The van der Waals surface area contributed by atoms with Gasteiger partial charge in [0, 0.05) is 1.43 Å². The van der Waals surface area contributed by atoms with Gasteiger partial charge in [-0.3, -0.25) is 0 Å². The molecular weight excluding hydrogens is 144 g/mol. The lowest BCUT2D eigenvalue weighted by Gasteiger charge is -1.98. The summed E-state index contributed by atoms with van der Waals surface area (Å²) in [6.07, 6.45) is 0. The van der Waals surface area contributed by atoms with Crippen LogP contribution in [0.4, 0.5) is 0 Å². The fraction of sp³-hybridized carbons (Fsp3) is 0. The van der Waals surface area contributed by atoms with Crippen molar-refractivity contribution in [3.05, 3.63) is 60.7 Å². The summed E-state index contributed by atoms with van der Waals surface area (Å²) in [6.45, 7) is 0. The van der Waals surface area contributed by atoms with Gasteiger partial charge in [-0.15, -0.1) is 0 Å². The maximum Gasteiger partial charge on any atom is 0 e. The Balaban J connectivity index is 0.000000845. The predicted octanol–water partition coefficient (Wildman–Crippen LogP) is 3.47. The third-order valence-corrected chi connectivity index (χ3v) is 1.88. The Morgan fingerprint density at radius 3 is 1.17 bits per heavy atom. The van der Waals surface area contributed by atoms with E-state index >= 15 is 0 Å². The van der Waals surface area contributed by atoms with Gasteiger partial charge < -0.3 is 0 Å². The Morgan fingerprint density at radius 1 is 0.500 bits per heavy atom. The van der Waals surface area contributed by atoms with Crippen LogP contribution in [0.2, 0.25) is 0 Å². The quantitative estimate of drug-likeness (QED) is 0.593. The van der Waals surface area contributed by atoms with Crippen LogP contribution in [-0.2, 0) is 0 Å². The zero-order valence-corrected chi connectivity index (χ0v) is 6.77. The van der Waals surface area contributed by atoms with Crippen molar-refractivity contribution in [2.45, 2.75) is 0 Å². The molecule has 0 heteroatoms. The van der Waals surface area contributed by atoms with Crippen molar-refractivity contribution in [2.75, 3.05) is 0 Å². The number of benzene rings is 2. The highest BCUT2D eigenvalue weighted by Crippen LogP contribution is 2.17. The third kappa shape index (κ3) is 1.37. The molecule has 0 unspecified atom stereocenters. The summed E-state index contributed by atoms with van der Waals surface area (Å²) in [4.78, 5) is 0. The van der Waals surface area contributed by atoms with Crippen LogP contribution in [0, 0.1) is 0 Å². The average Bonchev–Trinajstić information content (AvgIpc) is 2.21. The zero-order valence-electron chi connectivity index (χ0n) is 7.77. The van der Waals surface area contributed by atoms with Gasteiger partial charge in [0.25, 0.3) is 0 Å². The molecule has 0 heterocycles. The molecular formula is C12H11. The summed E-state index contributed by atoms with van der Waals surface area (Å²) in [5, 5.41) is 0. The molecule has 0 spiro atoms. The lowest BCUT2D eigenvalue weighted by Crippen LogP contribution is -1.73. The first kappa shape index (κ1) is 7.11. The van der Waals surface area contributed by atoms with Crippen LogP contribution in [0.1, 0.15) is 1.43 Å². The van der Waals surface area contributed by atoms with E-state index in [1.165, 1.54) is 11.1 Å². The fourth-order valence-electron chi connectivity index (χ4n) is 1.26. The molecule has 0 saturated heterocycles. The number of rotatable bonds is 1. The SMILES string of the molecule is [2H].c1ccc(-c2ccccc2)cc1. The molecule has 0 saturated carbocycles. The minimum Gasteiger partial charge on any atom is -0.0622 e. The van der Waals surface area contributed by atoms with Crippen LogP contribution in [0.25, 0.3) is 11.1 Å². The van der Waals surface area contributed by atoms with Gasteiger partial charge in [0.1, 0.15) is 0 Å². The molecule has 2 aromatic rings. The minimum atomic E-state index is 0. The summed E-state index contributed by atoms with van der Waals surface area (Å²) in [5.41, 5.74) is 2.55. The first-order valence-electron chi connectivity index (χ1n) is 4.07. The van der Waals surface area contributed by atoms with E-state index in [2.05, 4.69) is 48.5 Å². The summed E-state index contributed by atoms with van der Waals surface area (Å²) in [7, 11) is 0. The second-order valence-electron chi connectivity index (χ2n) is 2.73. The maximum absolute atomic E-state index is 2.12. The monoisotopic (exact) mass is 156 g/mol. The van der Waals surface area contributed by atoms with E-state index < -0.39 is 0 Å². The van der Waals surface area contributed by atoms with Crippen molar-refractivity contribution < 1.29 is 1.43 Å². The molecule has 2 rings (SSSR count). The van der Waals surface area contributed by atoms with Gasteiger partial charge in [-0.05, 0) is 11.1 Å². The molecule has 0 atom stereocenters. The summed E-state index contributed by atoms with van der Waals surface area (Å²) in [5.74, 6) is 0. The average molecular weight is 156 g/mol. The van der Waals surface area contributed by atoms with Crippen molar-refractivity contribution in [1.29, 1.82) is 0 Å². The minimum absolute atomic E-state index is 0. The van der Waals surface area contributed by atoms with Crippen LogP contribution in [-0.4, -0.2) is 0 Å². The Kier molecular flexibility index (Phi) is 1.91. The molecule has 12 heavy (non-hydrogen) atoms. The second-order valence-corrected chi connectivity index (χ2v) is 2.73. The normalized spacial score (nSPS) is 9.67. The van der Waals surface area contributed by atoms with E-state index in [9.17, 15) is 0 Å². The highest BCUT2D eigenvalue weighted by Gasteiger charge is 1.91. The van der Waals surface area contributed by atoms with Crippen LogP contribution in [0.5, 0.6) is 0 Å². The summed E-state index contributed by atoms with van der Waals surface area (Å²) >= 11 is 0. The fourth-order valence-corrected chi connectivity index (χ4v) is 1.26. The van der Waals surface area contributed by atoms with E-state index in [1.807, 2.05) is 12.1 Å². The Labute approximate surface area is 74.0 Å². The van der Waals surface area contributed by atoms with E-state index in [1.54, 1.807) is 0 Å². The molecule has 0 N–H and O–H groups in total. The highest BCUT2D eigenvalue weighted by molar-refractivity contribution is 5.62. The Morgan fingerprint density at radius 2 is 0.833 bits per heavy atom. The summed E-state index contributed by atoms with van der Waals surface area (Å²) in [6, 6.07) is 20.8. The molecule has 0 bridgehead atoms. The first-order chi connectivity index (χ1) is 5.97. The molecule has 59 valence electrons. The molecule has 2 aromatic carbocycles. The molecule has 0 aromatic heterocycles. The molecule has 0 aliphatic rings. The third-order valence-electron chi connectivity index (χ3n) is 1.88. The molecule has 1 radical (unpaired) electrons. The lowest BCUT2D eigenvalue weighted by atomic mass is 10.1.